The molecule has 128 valence electrons. The van der Waals surface area contributed by atoms with Crippen LogP contribution < -0.4 is 5.73 Å². The zero-order valence-electron chi connectivity index (χ0n) is 14.0. The molecule has 24 heavy (non-hydrogen) atoms. The maximum Gasteiger partial charge on any atom is 0.240 e. The van der Waals surface area contributed by atoms with Gasteiger partial charge < -0.3 is 15.5 Å². The van der Waals surface area contributed by atoms with Gasteiger partial charge in [0, 0.05) is 25.0 Å². The van der Waals surface area contributed by atoms with E-state index in [2.05, 4.69) is 21.2 Å². The van der Waals surface area contributed by atoms with Crippen LogP contribution in [0.2, 0.25) is 0 Å². The smallest absolute Gasteiger partial charge is 0.240 e. The van der Waals surface area contributed by atoms with Crippen LogP contribution in [0.1, 0.15) is 30.4 Å². The molecule has 1 saturated heterocycles. The molecule has 1 amide bonds. The van der Waals surface area contributed by atoms with Crippen molar-refractivity contribution >= 4 is 16.8 Å². The molecule has 1 aromatic carbocycles. The molecule has 2 aliphatic heterocycles. The maximum absolute atomic E-state index is 12.7. The molecule has 1 aromatic heterocycles. The van der Waals surface area contributed by atoms with Crippen LogP contribution in [-0.4, -0.2) is 58.1 Å². The van der Waals surface area contributed by atoms with Crippen LogP contribution in [0.3, 0.4) is 0 Å². The van der Waals surface area contributed by atoms with Gasteiger partial charge >= 0.3 is 0 Å². The summed E-state index contributed by atoms with van der Waals surface area (Å²) in [7, 11) is 0. The van der Waals surface area contributed by atoms with E-state index in [4.69, 9.17) is 5.73 Å². The number of aromatic nitrogens is 2. The summed E-state index contributed by atoms with van der Waals surface area (Å²) in [4.78, 5) is 17.1. The zero-order chi connectivity index (χ0) is 16.5. The average molecular weight is 327 g/mol. The van der Waals surface area contributed by atoms with Crippen molar-refractivity contribution in [2.75, 3.05) is 26.2 Å². The van der Waals surface area contributed by atoms with E-state index in [0.717, 1.165) is 37.1 Å². The molecule has 2 aromatic rings. The van der Waals surface area contributed by atoms with Gasteiger partial charge in [0.1, 0.15) is 0 Å². The Morgan fingerprint density at radius 2 is 2.04 bits per heavy atom. The van der Waals surface area contributed by atoms with Crippen molar-refractivity contribution in [3.8, 4) is 0 Å². The molecule has 0 radical (unpaired) electrons. The Morgan fingerprint density at radius 1 is 1.21 bits per heavy atom. The zero-order valence-corrected chi connectivity index (χ0v) is 14.0. The number of hydrogen-bond acceptors (Lipinski definition) is 4. The predicted molar refractivity (Wildman–Crippen MR) is 93.5 cm³/mol. The highest BCUT2D eigenvalue weighted by atomic mass is 16.2. The fraction of sp³-hybridized carbons (Fsp3) is 0.556. The lowest BCUT2D eigenvalue weighted by Gasteiger charge is -2.30. The second kappa shape index (κ2) is 6.53. The molecule has 0 saturated carbocycles. The number of nitrogens with zero attached hydrogens (tertiary/aromatic N) is 3. The normalized spacial score (nSPS) is 22.6. The number of likely N-dealkylation sites (tertiary alicyclic amines) is 1. The second-order valence-corrected chi connectivity index (χ2v) is 7.01. The van der Waals surface area contributed by atoms with Crippen molar-refractivity contribution in [2.45, 2.75) is 38.3 Å². The van der Waals surface area contributed by atoms with Crippen molar-refractivity contribution in [3.05, 3.63) is 29.5 Å². The van der Waals surface area contributed by atoms with Crippen molar-refractivity contribution in [3.63, 3.8) is 0 Å². The van der Waals surface area contributed by atoms with Gasteiger partial charge in [-0.25, -0.2) is 0 Å². The third-order valence-electron chi connectivity index (χ3n) is 5.39. The quantitative estimate of drug-likeness (QED) is 0.890. The Labute approximate surface area is 142 Å². The lowest BCUT2D eigenvalue weighted by atomic mass is 9.99. The summed E-state index contributed by atoms with van der Waals surface area (Å²) in [6.07, 6.45) is 6.33. The molecule has 1 fully saturated rings. The highest BCUT2D eigenvalue weighted by Crippen LogP contribution is 2.26. The Balaban J connectivity index is 1.57. The van der Waals surface area contributed by atoms with Crippen LogP contribution >= 0.6 is 0 Å². The van der Waals surface area contributed by atoms with Gasteiger partial charge in [0.25, 0.3) is 0 Å². The minimum Gasteiger partial charge on any atom is -0.336 e. The Morgan fingerprint density at radius 3 is 2.88 bits per heavy atom. The van der Waals surface area contributed by atoms with Crippen molar-refractivity contribution < 1.29 is 4.79 Å². The molecular weight excluding hydrogens is 302 g/mol. The summed E-state index contributed by atoms with van der Waals surface area (Å²) in [5.41, 5.74) is 9.57. The molecule has 3 heterocycles. The van der Waals surface area contributed by atoms with Crippen LogP contribution in [0.25, 0.3) is 10.9 Å². The topological polar surface area (TPSA) is 78.2 Å². The number of hydrogen-bond donors (Lipinski definition) is 2. The third-order valence-corrected chi connectivity index (χ3v) is 5.39. The Hall–Kier alpha value is -1.92. The van der Waals surface area contributed by atoms with Gasteiger partial charge in [-0.05, 0) is 49.5 Å². The van der Waals surface area contributed by atoms with E-state index in [1.54, 1.807) is 0 Å². The molecule has 3 N–H and O–H groups in total. The lowest BCUT2D eigenvalue weighted by molar-refractivity contribution is -0.133. The van der Waals surface area contributed by atoms with Gasteiger partial charge in [-0.15, -0.1) is 0 Å². The third kappa shape index (κ3) is 2.91. The standard InChI is InChI=1S/C18H25N5O/c19-16-10-13-4-5-17-14(11-20-21-17)15(13)12-23(18(16)24)9-8-22-6-2-1-3-7-22/h4-5,11,16H,1-3,6-10,12,19H2,(H,20,21). The molecule has 0 bridgehead atoms. The van der Waals surface area contributed by atoms with E-state index in [9.17, 15) is 4.79 Å². The van der Waals surface area contributed by atoms with E-state index in [-0.39, 0.29) is 5.91 Å². The monoisotopic (exact) mass is 327 g/mol. The van der Waals surface area contributed by atoms with E-state index in [0.29, 0.717) is 13.0 Å². The van der Waals surface area contributed by atoms with Crippen LogP contribution in [0.5, 0.6) is 0 Å². The summed E-state index contributed by atoms with van der Waals surface area (Å²) in [5, 5.41) is 8.28. The first-order chi connectivity index (χ1) is 11.7. The first kappa shape index (κ1) is 15.6. The van der Waals surface area contributed by atoms with E-state index in [1.807, 2.05) is 17.2 Å². The molecule has 6 nitrogen and oxygen atoms in total. The molecule has 2 aliphatic rings. The SMILES string of the molecule is NC1Cc2ccc3[nH]ncc3c2CN(CCN2CCCCC2)C1=O. The highest BCUT2D eigenvalue weighted by Gasteiger charge is 2.28. The fourth-order valence-corrected chi connectivity index (χ4v) is 3.96. The Kier molecular flexibility index (Phi) is 4.24. The molecule has 1 atom stereocenters. The number of nitrogens with two attached hydrogens (primary N) is 1. The number of nitrogens with one attached hydrogen (secondary N) is 1. The van der Waals surface area contributed by atoms with E-state index >= 15 is 0 Å². The molecular formula is C18H25N5O. The van der Waals surface area contributed by atoms with E-state index < -0.39 is 6.04 Å². The van der Waals surface area contributed by atoms with Crippen LogP contribution in [0.4, 0.5) is 0 Å². The number of carbonyl (C=O) groups is 1. The highest BCUT2D eigenvalue weighted by molar-refractivity contribution is 5.87. The lowest BCUT2D eigenvalue weighted by Crippen LogP contribution is -2.46. The van der Waals surface area contributed by atoms with Crippen LogP contribution in [0.15, 0.2) is 18.3 Å². The van der Waals surface area contributed by atoms with Gasteiger partial charge in [-0.2, -0.15) is 5.10 Å². The van der Waals surface area contributed by atoms with Gasteiger partial charge in [0.15, 0.2) is 0 Å². The van der Waals surface area contributed by atoms with Crippen LogP contribution in [0, 0.1) is 0 Å². The van der Waals surface area contributed by atoms with Crippen LogP contribution in [-0.2, 0) is 17.8 Å². The van der Waals surface area contributed by atoms with Gasteiger partial charge in [0.2, 0.25) is 5.91 Å². The molecule has 6 heteroatoms. The number of fused-ring (bicyclic) bond motifs is 3. The summed E-state index contributed by atoms with van der Waals surface area (Å²) >= 11 is 0. The Bertz CT molecular complexity index is 734. The number of carbonyl (C=O) groups excluding carboxylic acids is 1. The van der Waals surface area contributed by atoms with Gasteiger partial charge in [-0.3, -0.25) is 9.89 Å². The van der Waals surface area contributed by atoms with Gasteiger partial charge in [0.05, 0.1) is 17.8 Å². The fourth-order valence-electron chi connectivity index (χ4n) is 3.96. The minimum atomic E-state index is -0.447. The summed E-state index contributed by atoms with van der Waals surface area (Å²) in [6, 6.07) is 3.66. The average Bonchev–Trinajstić information content (AvgIpc) is 3.04. The first-order valence-corrected chi connectivity index (χ1v) is 8.93. The number of aromatic amines is 1. The van der Waals surface area contributed by atoms with Crippen molar-refractivity contribution in [1.29, 1.82) is 0 Å². The number of amides is 1. The number of piperidine rings is 1. The number of rotatable bonds is 3. The first-order valence-electron chi connectivity index (χ1n) is 8.93. The summed E-state index contributed by atoms with van der Waals surface area (Å²) in [6.45, 7) is 4.62. The number of H-pyrrole nitrogens is 1. The second-order valence-electron chi connectivity index (χ2n) is 7.01. The van der Waals surface area contributed by atoms with Crippen molar-refractivity contribution in [1.82, 2.24) is 20.0 Å². The largest absolute Gasteiger partial charge is 0.336 e. The molecule has 0 aliphatic carbocycles. The maximum atomic E-state index is 12.7. The summed E-state index contributed by atoms with van der Waals surface area (Å²) < 4.78 is 0. The molecule has 0 spiro atoms. The minimum absolute atomic E-state index is 0.0693. The number of benzene rings is 1. The molecule has 1 unspecified atom stereocenters. The molecule has 4 rings (SSSR count). The summed E-state index contributed by atoms with van der Waals surface area (Å²) in [5.74, 6) is 0.0693. The van der Waals surface area contributed by atoms with Crippen molar-refractivity contribution in [2.24, 2.45) is 5.73 Å². The predicted octanol–water partition coefficient (Wildman–Crippen LogP) is 1.26. The van der Waals surface area contributed by atoms with Gasteiger partial charge in [-0.1, -0.05) is 12.5 Å². The van der Waals surface area contributed by atoms with E-state index in [1.165, 1.54) is 30.4 Å².